The molecule has 0 saturated carbocycles. The van der Waals surface area contributed by atoms with Gasteiger partial charge in [-0.3, -0.25) is 9.59 Å². The lowest BCUT2D eigenvalue weighted by atomic mass is 9.98. The molecule has 5 rings (SSSR count). The second kappa shape index (κ2) is 6.71. The summed E-state index contributed by atoms with van der Waals surface area (Å²) in [5, 5.41) is 0.405. The van der Waals surface area contributed by atoms with Gasteiger partial charge in [0, 0.05) is 6.54 Å². The number of benzene rings is 3. The number of hydrogen-bond donors (Lipinski definition) is 0. The summed E-state index contributed by atoms with van der Waals surface area (Å²) in [6, 6.07) is 21.6. The molecule has 1 aromatic heterocycles. The van der Waals surface area contributed by atoms with E-state index in [1.807, 2.05) is 30.3 Å². The van der Waals surface area contributed by atoms with Crippen molar-refractivity contribution >= 4 is 16.9 Å². The monoisotopic (exact) mass is 385 g/mol. The van der Waals surface area contributed by atoms with Crippen molar-refractivity contribution in [3.63, 3.8) is 0 Å². The summed E-state index contributed by atoms with van der Waals surface area (Å²) in [4.78, 5) is 28.1. The molecule has 1 atom stereocenters. The molecule has 3 aromatic carbocycles. The second-order valence-corrected chi connectivity index (χ2v) is 7.05. The van der Waals surface area contributed by atoms with Gasteiger partial charge in [-0.15, -0.1) is 0 Å². The lowest BCUT2D eigenvalue weighted by Gasteiger charge is -2.25. The Morgan fingerprint density at radius 1 is 0.897 bits per heavy atom. The van der Waals surface area contributed by atoms with Gasteiger partial charge in [0.25, 0.3) is 5.91 Å². The van der Waals surface area contributed by atoms with Crippen molar-refractivity contribution in [2.24, 2.45) is 0 Å². The van der Waals surface area contributed by atoms with E-state index >= 15 is 0 Å². The molecule has 0 spiro atoms. The standard InChI is InChI=1S/C24H16FNO3/c25-17-10-6-9-16(13-17)21-20-22(27)18-11-4-5-12-19(18)29-23(20)24(28)26(21)14-15-7-2-1-3-8-15/h1-13,21H,14H2/t21-/m0/s1. The summed E-state index contributed by atoms with van der Waals surface area (Å²) in [6.45, 7) is 0.279. The Morgan fingerprint density at radius 3 is 2.45 bits per heavy atom. The van der Waals surface area contributed by atoms with Crippen molar-refractivity contribution < 1.29 is 13.6 Å². The molecule has 1 aliphatic rings. The maximum Gasteiger partial charge on any atom is 0.291 e. The number of nitrogens with zero attached hydrogens (tertiary/aromatic N) is 1. The van der Waals surface area contributed by atoms with Crippen LogP contribution in [0.2, 0.25) is 0 Å². The Hall–Kier alpha value is -3.73. The van der Waals surface area contributed by atoms with Gasteiger partial charge in [0.05, 0.1) is 17.0 Å². The van der Waals surface area contributed by atoms with Gasteiger partial charge < -0.3 is 9.32 Å². The molecule has 4 nitrogen and oxygen atoms in total. The minimum Gasteiger partial charge on any atom is -0.450 e. The van der Waals surface area contributed by atoms with Crippen LogP contribution in [0, 0.1) is 5.82 Å². The topological polar surface area (TPSA) is 50.5 Å². The molecule has 1 aliphatic heterocycles. The number of halogens is 1. The Kier molecular flexibility index (Phi) is 4.02. The number of amides is 1. The molecule has 0 fully saturated rings. The van der Waals surface area contributed by atoms with E-state index in [9.17, 15) is 14.0 Å². The predicted octanol–water partition coefficient (Wildman–Crippen LogP) is 4.68. The highest BCUT2D eigenvalue weighted by atomic mass is 19.1. The fourth-order valence-electron chi connectivity index (χ4n) is 3.93. The summed E-state index contributed by atoms with van der Waals surface area (Å²) < 4.78 is 19.9. The third-order valence-electron chi connectivity index (χ3n) is 5.23. The number of hydrogen-bond acceptors (Lipinski definition) is 3. The first-order valence-electron chi connectivity index (χ1n) is 9.29. The molecule has 29 heavy (non-hydrogen) atoms. The first-order chi connectivity index (χ1) is 14.1. The van der Waals surface area contributed by atoms with Crippen LogP contribution in [0.4, 0.5) is 4.39 Å². The summed E-state index contributed by atoms with van der Waals surface area (Å²) in [5.41, 5.74) is 1.81. The fraction of sp³-hybridized carbons (Fsp3) is 0.0833. The van der Waals surface area contributed by atoms with Crippen molar-refractivity contribution in [1.82, 2.24) is 4.90 Å². The highest BCUT2D eigenvalue weighted by molar-refractivity contribution is 5.99. The smallest absolute Gasteiger partial charge is 0.291 e. The predicted molar refractivity (Wildman–Crippen MR) is 107 cm³/mol. The van der Waals surface area contributed by atoms with Crippen molar-refractivity contribution in [2.75, 3.05) is 0 Å². The molecule has 0 bridgehead atoms. The molecular weight excluding hydrogens is 369 g/mol. The van der Waals surface area contributed by atoms with E-state index in [0.29, 0.717) is 16.5 Å². The molecular formula is C24H16FNO3. The summed E-state index contributed by atoms with van der Waals surface area (Å²) in [5.74, 6) is -0.770. The van der Waals surface area contributed by atoms with E-state index in [-0.39, 0.29) is 29.2 Å². The van der Waals surface area contributed by atoms with Crippen LogP contribution in [0.3, 0.4) is 0 Å². The average molecular weight is 385 g/mol. The average Bonchev–Trinajstić information content (AvgIpc) is 3.01. The molecule has 1 amide bonds. The maximum atomic E-state index is 14.0. The van der Waals surface area contributed by atoms with Crippen molar-refractivity contribution in [2.45, 2.75) is 12.6 Å². The van der Waals surface area contributed by atoms with Gasteiger partial charge in [0.1, 0.15) is 11.4 Å². The molecule has 0 N–H and O–H groups in total. The highest BCUT2D eigenvalue weighted by Crippen LogP contribution is 2.39. The van der Waals surface area contributed by atoms with Gasteiger partial charge >= 0.3 is 0 Å². The van der Waals surface area contributed by atoms with E-state index in [2.05, 4.69) is 0 Å². The molecule has 0 aliphatic carbocycles. The van der Waals surface area contributed by atoms with Crippen LogP contribution in [-0.2, 0) is 6.54 Å². The Balaban J connectivity index is 1.74. The zero-order chi connectivity index (χ0) is 20.0. The van der Waals surface area contributed by atoms with Crippen LogP contribution in [0.15, 0.2) is 88.1 Å². The van der Waals surface area contributed by atoms with Gasteiger partial charge in [-0.2, -0.15) is 0 Å². The largest absolute Gasteiger partial charge is 0.450 e. The molecule has 0 saturated heterocycles. The Morgan fingerprint density at radius 2 is 1.66 bits per heavy atom. The number of fused-ring (bicyclic) bond motifs is 2. The zero-order valence-corrected chi connectivity index (χ0v) is 15.3. The third-order valence-corrected chi connectivity index (χ3v) is 5.23. The lowest BCUT2D eigenvalue weighted by molar-refractivity contribution is 0.0714. The van der Waals surface area contributed by atoms with Crippen LogP contribution >= 0.6 is 0 Å². The summed E-state index contributed by atoms with van der Waals surface area (Å²) in [6.07, 6.45) is 0. The molecule has 2 heterocycles. The molecule has 4 aromatic rings. The minimum absolute atomic E-state index is 0.0268. The SMILES string of the molecule is O=C1c2oc3ccccc3c(=O)c2[C@H](c2cccc(F)c2)N1Cc1ccccc1. The van der Waals surface area contributed by atoms with Gasteiger partial charge in [-0.1, -0.05) is 54.6 Å². The second-order valence-electron chi connectivity index (χ2n) is 7.05. The van der Waals surface area contributed by atoms with E-state index < -0.39 is 11.9 Å². The van der Waals surface area contributed by atoms with Crippen LogP contribution in [0.25, 0.3) is 11.0 Å². The number of rotatable bonds is 3. The van der Waals surface area contributed by atoms with Crippen molar-refractivity contribution in [3.05, 3.63) is 117 Å². The van der Waals surface area contributed by atoms with Gasteiger partial charge in [-0.25, -0.2) is 4.39 Å². The van der Waals surface area contributed by atoms with E-state index in [1.165, 1.54) is 12.1 Å². The molecule has 5 heteroatoms. The number of para-hydroxylation sites is 1. The lowest BCUT2D eigenvalue weighted by Crippen LogP contribution is -2.29. The van der Waals surface area contributed by atoms with Gasteiger partial charge in [-0.05, 0) is 35.4 Å². The van der Waals surface area contributed by atoms with Gasteiger partial charge in [0.15, 0.2) is 5.43 Å². The maximum absolute atomic E-state index is 14.0. The summed E-state index contributed by atoms with van der Waals surface area (Å²) in [7, 11) is 0. The molecule has 0 radical (unpaired) electrons. The molecule has 142 valence electrons. The van der Waals surface area contributed by atoms with Crippen LogP contribution in [0.5, 0.6) is 0 Å². The van der Waals surface area contributed by atoms with E-state index in [4.69, 9.17) is 4.42 Å². The quantitative estimate of drug-likeness (QED) is 0.515. The Bertz CT molecular complexity index is 1300. The molecule has 0 unspecified atom stereocenters. The van der Waals surface area contributed by atoms with E-state index in [1.54, 1.807) is 41.3 Å². The minimum atomic E-state index is -0.714. The van der Waals surface area contributed by atoms with Crippen molar-refractivity contribution in [1.29, 1.82) is 0 Å². The van der Waals surface area contributed by atoms with Crippen LogP contribution < -0.4 is 5.43 Å². The number of carbonyl (C=O) groups excluding carboxylic acids is 1. The first kappa shape index (κ1) is 17.4. The fourth-order valence-corrected chi connectivity index (χ4v) is 3.93. The third kappa shape index (κ3) is 2.83. The first-order valence-corrected chi connectivity index (χ1v) is 9.29. The van der Waals surface area contributed by atoms with Crippen LogP contribution in [0.1, 0.15) is 33.3 Å². The summed E-state index contributed by atoms with van der Waals surface area (Å²) >= 11 is 0. The van der Waals surface area contributed by atoms with Crippen LogP contribution in [-0.4, -0.2) is 10.8 Å². The number of carbonyl (C=O) groups is 1. The Labute approximate surface area is 165 Å². The van der Waals surface area contributed by atoms with E-state index in [0.717, 1.165) is 5.56 Å². The van der Waals surface area contributed by atoms with Gasteiger partial charge in [0.2, 0.25) is 5.76 Å². The highest BCUT2D eigenvalue weighted by Gasteiger charge is 2.42. The zero-order valence-electron chi connectivity index (χ0n) is 15.3. The van der Waals surface area contributed by atoms with Crippen molar-refractivity contribution in [3.8, 4) is 0 Å². The normalized spacial score (nSPS) is 15.7.